The molecule has 0 spiro atoms. The summed E-state index contributed by atoms with van der Waals surface area (Å²) in [6, 6.07) is 0.436. The van der Waals surface area contributed by atoms with Crippen molar-refractivity contribution in [1.29, 1.82) is 0 Å². The Morgan fingerprint density at radius 2 is 1.94 bits per heavy atom. The van der Waals surface area contributed by atoms with E-state index in [0.717, 1.165) is 39.2 Å². The summed E-state index contributed by atoms with van der Waals surface area (Å²) in [4.78, 5) is 0. The Morgan fingerprint density at radius 1 is 1.29 bits per heavy atom. The maximum atomic E-state index is 5.94. The zero-order valence-electron chi connectivity index (χ0n) is 11.9. The smallest absolute Gasteiger partial charge is 0.0781 e. The Hall–Kier alpha value is -0.120. The first-order valence-electron chi connectivity index (χ1n) is 7.07. The van der Waals surface area contributed by atoms with Gasteiger partial charge in [0.15, 0.2) is 0 Å². The van der Waals surface area contributed by atoms with Crippen LogP contribution in [0.3, 0.4) is 0 Å². The van der Waals surface area contributed by atoms with Gasteiger partial charge < -0.3 is 14.8 Å². The van der Waals surface area contributed by atoms with Crippen LogP contribution in [0.15, 0.2) is 0 Å². The number of hydrogen-bond acceptors (Lipinski definition) is 3. The molecule has 1 rings (SSSR count). The fraction of sp³-hybridized carbons (Fsp3) is 1.00. The van der Waals surface area contributed by atoms with Crippen LogP contribution in [-0.2, 0) is 9.47 Å². The highest BCUT2D eigenvalue weighted by atomic mass is 16.5. The van der Waals surface area contributed by atoms with Gasteiger partial charge in [0, 0.05) is 25.9 Å². The molecule has 0 amide bonds. The van der Waals surface area contributed by atoms with Crippen LogP contribution in [0.25, 0.3) is 0 Å². The van der Waals surface area contributed by atoms with Gasteiger partial charge in [0.2, 0.25) is 0 Å². The summed E-state index contributed by atoms with van der Waals surface area (Å²) in [5.74, 6) is 0.678. The van der Waals surface area contributed by atoms with E-state index in [1.807, 2.05) is 0 Å². The maximum Gasteiger partial charge on any atom is 0.0781 e. The van der Waals surface area contributed by atoms with Gasteiger partial charge in [-0.2, -0.15) is 0 Å². The summed E-state index contributed by atoms with van der Waals surface area (Å²) in [6.45, 7) is 12.3. The molecule has 0 aliphatic carbocycles. The minimum absolute atomic E-state index is 0.0913. The Bertz CT molecular complexity index is 200. The van der Waals surface area contributed by atoms with E-state index in [0.29, 0.717) is 12.0 Å². The molecule has 1 aliphatic heterocycles. The van der Waals surface area contributed by atoms with Gasteiger partial charge in [-0.3, -0.25) is 0 Å². The van der Waals surface area contributed by atoms with Crippen molar-refractivity contribution in [2.45, 2.75) is 58.6 Å². The summed E-state index contributed by atoms with van der Waals surface area (Å²) in [6.07, 6.45) is 3.47. The molecule has 1 saturated heterocycles. The Balaban J connectivity index is 2.63. The fourth-order valence-corrected chi connectivity index (χ4v) is 2.79. The summed E-state index contributed by atoms with van der Waals surface area (Å²) in [5.41, 5.74) is -0.0913. The lowest BCUT2D eigenvalue weighted by molar-refractivity contribution is -0.0678. The Kier molecular flexibility index (Phi) is 6.45. The van der Waals surface area contributed by atoms with E-state index in [1.165, 1.54) is 6.42 Å². The van der Waals surface area contributed by atoms with Crippen molar-refractivity contribution in [1.82, 2.24) is 5.32 Å². The number of nitrogens with one attached hydrogen (secondary N) is 1. The van der Waals surface area contributed by atoms with E-state index in [2.05, 4.69) is 33.0 Å². The molecule has 1 fully saturated rings. The second kappa shape index (κ2) is 7.34. The zero-order valence-corrected chi connectivity index (χ0v) is 11.9. The van der Waals surface area contributed by atoms with Crippen LogP contribution in [0, 0.1) is 5.92 Å². The van der Waals surface area contributed by atoms with Crippen molar-refractivity contribution in [3.63, 3.8) is 0 Å². The molecule has 1 heterocycles. The standard InChI is InChI=1S/C14H29NO2/c1-5-9-15-13(14(3,4)17-6-2)12-7-10-16-11-8-12/h12-13,15H,5-11H2,1-4H3. The normalized spacial score (nSPS) is 20.5. The third-order valence-corrected chi connectivity index (χ3v) is 3.62. The van der Waals surface area contributed by atoms with Gasteiger partial charge in [0.1, 0.15) is 0 Å². The fourth-order valence-electron chi connectivity index (χ4n) is 2.79. The largest absolute Gasteiger partial charge is 0.381 e. The lowest BCUT2D eigenvalue weighted by Gasteiger charge is -2.41. The van der Waals surface area contributed by atoms with Crippen molar-refractivity contribution in [2.24, 2.45) is 5.92 Å². The van der Waals surface area contributed by atoms with Gasteiger partial charge in [-0.1, -0.05) is 6.92 Å². The van der Waals surface area contributed by atoms with E-state index >= 15 is 0 Å². The highest BCUT2D eigenvalue weighted by Gasteiger charge is 2.36. The summed E-state index contributed by atoms with van der Waals surface area (Å²) >= 11 is 0. The second-order valence-corrected chi connectivity index (χ2v) is 5.42. The monoisotopic (exact) mass is 243 g/mol. The molecule has 0 radical (unpaired) electrons. The third-order valence-electron chi connectivity index (χ3n) is 3.62. The molecule has 0 saturated carbocycles. The molecule has 3 heteroatoms. The van der Waals surface area contributed by atoms with Gasteiger partial charge >= 0.3 is 0 Å². The van der Waals surface area contributed by atoms with E-state index in [1.54, 1.807) is 0 Å². The van der Waals surface area contributed by atoms with Gasteiger partial charge in [0.25, 0.3) is 0 Å². The molecule has 1 N–H and O–H groups in total. The van der Waals surface area contributed by atoms with Crippen LogP contribution in [-0.4, -0.2) is 38.0 Å². The SMILES string of the molecule is CCCNC(C1CCOCC1)C(C)(C)OCC. The zero-order chi connectivity index (χ0) is 12.7. The van der Waals surface area contributed by atoms with Crippen LogP contribution in [0.1, 0.15) is 47.0 Å². The summed E-state index contributed by atoms with van der Waals surface area (Å²) < 4.78 is 11.4. The van der Waals surface area contributed by atoms with Crippen molar-refractivity contribution in [2.75, 3.05) is 26.4 Å². The van der Waals surface area contributed by atoms with Crippen molar-refractivity contribution < 1.29 is 9.47 Å². The Labute approximate surface area is 106 Å². The molecule has 0 aromatic heterocycles. The molecule has 0 aromatic rings. The molecule has 102 valence electrons. The van der Waals surface area contributed by atoms with Gasteiger partial charge in [0.05, 0.1) is 5.60 Å². The summed E-state index contributed by atoms with van der Waals surface area (Å²) in [5, 5.41) is 3.68. The van der Waals surface area contributed by atoms with E-state index in [9.17, 15) is 0 Å². The molecule has 1 atom stereocenters. The predicted octanol–water partition coefficient (Wildman–Crippen LogP) is 2.60. The lowest BCUT2D eigenvalue weighted by atomic mass is 9.82. The van der Waals surface area contributed by atoms with Crippen LogP contribution in [0.4, 0.5) is 0 Å². The quantitative estimate of drug-likeness (QED) is 0.745. The van der Waals surface area contributed by atoms with Gasteiger partial charge in [-0.15, -0.1) is 0 Å². The molecule has 1 aliphatic rings. The van der Waals surface area contributed by atoms with Crippen molar-refractivity contribution in [3.05, 3.63) is 0 Å². The molecule has 1 unspecified atom stereocenters. The molecule has 0 aromatic carbocycles. The predicted molar refractivity (Wildman–Crippen MR) is 71.3 cm³/mol. The van der Waals surface area contributed by atoms with E-state index < -0.39 is 0 Å². The summed E-state index contributed by atoms with van der Waals surface area (Å²) in [7, 11) is 0. The van der Waals surface area contributed by atoms with Crippen LogP contribution in [0.2, 0.25) is 0 Å². The molecule has 17 heavy (non-hydrogen) atoms. The third kappa shape index (κ3) is 4.57. The molecular formula is C14H29NO2. The first kappa shape index (κ1) is 14.9. The highest BCUT2D eigenvalue weighted by molar-refractivity contribution is 4.91. The average molecular weight is 243 g/mol. The van der Waals surface area contributed by atoms with Crippen LogP contribution < -0.4 is 5.32 Å². The lowest BCUT2D eigenvalue weighted by Crippen LogP contribution is -2.54. The van der Waals surface area contributed by atoms with E-state index in [-0.39, 0.29) is 5.60 Å². The van der Waals surface area contributed by atoms with Crippen LogP contribution in [0.5, 0.6) is 0 Å². The first-order valence-corrected chi connectivity index (χ1v) is 7.07. The topological polar surface area (TPSA) is 30.5 Å². The van der Waals surface area contributed by atoms with Gasteiger partial charge in [-0.05, 0) is 52.5 Å². The van der Waals surface area contributed by atoms with Crippen LogP contribution >= 0.6 is 0 Å². The molecular weight excluding hydrogens is 214 g/mol. The second-order valence-electron chi connectivity index (χ2n) is 5.42. The Morgan fingerprint density at radius 3 is 2.47 bits per heavy atom. The number of hydrogen-bond donors (Lipinski definition) is 1. The minimum Gasteiger partial charge on any atom is -0.381 e. The maximum absolute atomic E-state index is 5.94. The first-order chi connectivity index (χ1) is 8.11. The van der Waals surface area contributed by atoms with E-state index in [4.69, 9.17) is 9.47 Å². The molecule has 0 bridgehead atoms. The van der Waals surface area contributed by atoms with Gasteiger partial charge in [-0.25, -0.2) is 0 Å². The minimum atomic E-state index is -0.0913. The van der Waals surface area contributed by atoms with Crippen molar-refractivity contribution in [3.8, 4) is 0 Å². The molecule has 3 nitrogen and oxygen atoms in total. The highest BCUT2D eigenvalue weighted by Crippen LogP contribution is 2.28. The number of rotatable bonds is 7. The average Bonchev–Trinajstić information content (AvgIpc) is 2.30. The number of ether oxygens (including phenoxy) is 2. The van der Waals surface area contributed by atoms with Crippen molar-refractivity contribution >= 4 is 0 Å².